The van der Waals surface area contributed by atoms with Crippen LogP contribution >= 0.6 is 11.3 Å². The maximum absolute atomic E-state index is 5.10. The normalized spacial score (nSPS) is 10.4. The fourth-order valence-corrected chi connectivity index (χ4v) is 1.55. The average molecular weight is 157 g/mol. The summed E-state index contributed by atoms with van der Waals surface area (Å²) >= 11 is 1.54. The summed E-state index contributed by atoms with van der Waals surface area (Å²) < 4.78 is 5.10. The second-order valence-electron chi connectivity index (χ2n) is 2.38. The quantitative estimate of drug-likeness (QED) is 0.657. The highest BCUT2D eigenvalue weighted by Crippen LogP contribution is 2.28. The average Bonchev–Trinajstić information content (AvgIpc) is 2.33. The first kappa shape index (κ1) is 7.54. The molecule has 0 N–H and O–H groups in total. The summed E-state index contributed by atoms with van der Waals surface area (Å²) in [4.78, 5) is 4.18. The fourth-order valence-electron chi connectivity index (χ4n) is 0.782. The minimum absolute atomic E-state index is 0.459. The maximum atomic E-state index is 5.10. The van der Waals surface area contributed by atoms with Crippen molar-refractivity contribution >= 4 is 11.3 Å². The van der Waals surface area contributed by atoms with Gasteiger partial charge >= 0.3 is 0 Å². The van der Waals surface area contributed by atoms with E-state index in [-0.39, 0.29) is 0 Å². The van der Waals surface area contributed by atoms with Gasteiger partial charge in [-0.1, -0.05) is 25.2 Å². The van der Waals surface area contributed by atoms with Gasteiger partial charge in [-0.3, -0.25) is 0 Å². The molecule has 0 saturated heterocycles. The van der Waals surface area contributed by atoms with Gasteiger partial charge in [-0.05, 0) is 0 Å². The van der Waals surface area contributed by atoms with Crippen LogP contribution in [-0.2, 0) is 0 Å². The van der Waals surface area contributed by atoms with Crippen molar-refractivity contribution in [3.8, 4) is 5.06 Å². The van der Waals surface area contributed by atoms with E-state index in [1.807, 2.05) is 5.51 Å². The topological polar surface area (TPSA) is 22.1 Å². The number of nitrogens with zero attached hydrogens (tertiary/aromatic N) is 1. The van der Waals surface area contributed by atoms with E-state index in [0.717, 1.165) is 10.8 Å². The predicted octanol–water partition coefficient (Wildman–Crippen LogP) is 2.28. The molecule has 0 aromatic carbocycles. The largest absolute Gasteiger partial charge is 0.486 e. The molecule has 2 nitrogen and oxygen atoms in total. The van der Waals surface area contributed by atoms with Crippen molar-refractivity contribution in [3.63, 3.8) is 0 Å². The first-order valence-corrected chi connectivity index (χ1v) is 4.11. The molecule has 10 heavy (non-hydrogen) atoms. The van der Waals surface area contributed by atoms with Crippen LogP contribution in [0.3, 0.4) is 0 Å². The molecule has 1 heterocycles. The minimum Gasteiger partial charge on any atom is -0.486 e. The summed E-state index contributed by atoms with van der Waals surface area (Å²) in [7, 11) is 1.68. The molecule has 0 aliphatic heterocycles. The van der Waals surface area contributed by atoms with Crippen molar-refractivity contribution < 1.29 is 4.74 Å². The van der Waals surface area contributed by atoms with Gasteiger partial charge in [0, 0.05) is 5.92 Å². The molecule has 0 aliphatic carbocycles. The van der Waals surface area contributed by atoms with Gasteiger partial charge in [0.25, 0.3) is 0 Å². The number of ether oxygens (including phenoxy) is 1. The molecular weight excluding hydrogens is 146 g/mol. The number of aromatic nitrogens is 1. The van der Waals surface area contributed by atoms with E-state index in [4.69, 9.17) is 4.74 Å². The Morgan fingerprint density at radius 3 is 2.70 bits per heavy atom. The molecule has 0 spiro atoms. The summed E-state index contributed by atoms with van der Waals surface area (Å²) in [6.45, 7) is 4.22. The van der Waals surface area contributed by atoms with Crippen LogP contribution in [0, 0.1) is 0 Å². The highest BCUT2D eigenvalue weighted by Gasteiger charge is 2.08. The molecule has 1 aromatic heterocycles. The van der Waals surface area contributed by atoms with Gasteiger partial charge in [0.2, 0.25) is 0 Å². The fraction of sp³-hybridized carbons (Fsp3) is 0.571. The highest BCUT2D eigenvalue weighted by atomic mass is 32.1. The SMILES string of the molecule is COc1scnc1C(C)C. The Labute approximate surface area is 64.9 Å². The molecule has 0 atom stereocenters. The molecule has 0 aliphatic rings. The van der Waals surface area contributed by atoms with Crippen molar-refractivity contribution in [1.29, 1.82) is 0 Å². The van der Waals surface area contributed by atoms with Crippen LogP contribution in [0.4, 0.5) is 0 Å². The van der Waals surface area contributed by atoms with Gasteiger partial charge in [0.15, 0.2) is 5.06 Å². The number of thiazole rings is 1. The maximum Gasteiger partial charge on any atom is 0.197 e. The van der Waals surface area contributed by atoms with Crippen LogP contribution in [0.2, 0.25) is 0 Å². The monoisotopic (exact) mass is 157 g/mol. The first-order chi connectivity index (χ1) is 4.75. The molecule has 3 heteroatoms. The Morgan fingerprint density at radius 1 is 1.60 bits per heavy atom. The molecule has 0 amide bonds. The number of rotatable bonds is 2. The lowest BCUT2D eigenvalue weighted by molar-refractivity contribution is 0.418. The molecule has 0 saturated carbocycles. The first-order valence-electron chi connectivity index (χ1n) is 3.23. The van der Waals surface area contributed by atoms with Crippen LogP contribution < -0.4 is 4.74 Å². The van der Waals surface area contributed by atoms with Gasteiger partial charge in [-0.2, -0.15) is 0 Å². The number of hydrogen-bond acceptors (Lipinski definition) is 3. The van der Waals surface area contributed by atoms with Gasteiger partial charge in [0.05, 0.1) is 18.3 Å². The van der Waals surface area contributed by atoms with Gasteiger partial charge in [-0.15, -0.1) is 0 Å². The molecule has 56 valence electrons. The van der Waals surface area contributed by atoms with E-state index >= 15 is 0 Å². The van der Waals surface area contributed by atoms with Crippen LogP contribution in [0.1, 0.15) is 25.5 Å². The highest BCUT2D eigenvalue weighted by molar-refractivity contribution is 7.11. The summed E-state index contributed by atoms with van der Waals surface area (Å²) in [6.07, 6.45) is 0. The summed E-state index contributed by atoms with van der Waals surface area (Å²) in [5.41, 5.74) is 2.88. The van der Waals surface area contributed by atoms with Crippen LogP contribution in [0.25, 0.3) is 0 Å². The van der Waals surface area contributed by atoms with Crippen molar-refractivity contribution in [2.75, 3.05) is 7.11 Å². The number of methoxy groups -OCH3 is 1. The van der Waals surface area contributed by atoms with Gasteiger partial charge < -0.3 is 4.74 Å². The van der Waals surface area contributed by atoms with Crippen LogP contribution in [-0.4, -0.2) is 12.1 Å². The zero-order valence-corrected chi connectivity index (χ0v) is 7.23. The number of hydrogen-bond donors (Lipinski definition) is 0. The third-order valence-corrected chi connectivity index (χ3v) is 2.09. The van der Waals surface area contributed by atoms with E-state index in [9.17, 15) is 0 Å². The third kappa shape index (κ3) is 1.29. The summed E-state index contributed by atoms with van der Waals surface area (Å²) in [6, 6.07) is 0. The van der Waals surface area contributed by atoms with E-state index in [2.05, 4.69) is 18.8 Å². The molecule has 1 rings (SSSR count). The van der Waals surface area contributed by atoms with E-state index < -0.39 is 0 Å². The zero-order chi connectivity index (χ0) is 7.56. The van der Waals surface area contributed by atoms with E-state index in [1.165, 1.54) is 0 Å². The molecular formula is C7H11NOS. The standard InChI is InChI=1S/C7H11NOS/c1-5(2)6-7(9-3)10-4-8-6/h4-5H,1-3H3. The van der Waals surface area contributed by atoms with Crippen LogP contribution in [0.5, 0.6) is 5.06 Å². The Kier molecular flexibility index (Phi) is 2.27. The molecule has 0 fully saturated rings. The lowest BCUT2D eigenvalue weighted by Gasteiger charge is -2.01. The van der Waals surface area contributed by atoms with Gasteiger partial charge in [0.1, 0.15) is 0 Å². The van der Waals surface area contributed by atoms with E-state index in [1.54, 1.807) is 18.4 Å². The zero-order valence-electron chi connectivity index (χ0n) is 6.42. The predicted molar refractivity (Wildman–Crippen MR) is 42.8 cm³/mol. The molecule has 0 bridgehead atoms. The van der Waals surface area contributed by atoms with Crippen molar-refractivity contribution in [2.24, 2.45) is 0 Å². The lowest BCUT2D eigenvalue weighted by Crippen LogP contribution is -1.90. The Bertz CT molecular complexity index is 207. The molecule has 1 aromatic rings. The van der Waals surface area contributed by atoms with Crippen molar-refractivity contribution in [3.05, 3.63) is 11.2 Å². The lowest BCUT2D eigenvalue weighted by atomic mass is 10.1. The Morgan fingerprint density at radius 2 is 2.30 bits per heavy atom. The van der Waals surface area contributed by atoms with Crippen molar-refractivity contribution in [2.45, 2.75) is 19.8 Å². The summed E-state index contributed by atoms with van der Waals surface area (Å²) in [5, 5.41) is 0.940. The third-order valence-electron chi connectivity index (χ3n) is 1.29. The minimum atomic E-state index is 0.459. The van der Waals surface area contributed by atoms with E-state index in [0.29, 0.717) is 5.92 Å². The smallest absolute Gasteiger partial charge is 0.197 e. The molecule has 0 radical (unpaired) electrons. The Balaban J connectivity index is 2.90. The second-order valence-corrected chi connectivity index (χ2v) is 3.20. The van der Waals surface area contributed by atoms with Gasteiger partial charge in [-0.25, -0.2) is 4.98 Å². The van der Waals surface area contributed by atoms with Crippen LogP contribution in [0.15, 0.2) is 5.51 Å². The molecule has 0 unspecified atom stereocenters. The Hall–Kier alpha value is -0.570. The second kappa shape index (κ2) is 3.01. The van der Waals surface area contributed by atoms with Crippen molar-refractivity contribution in [1.82, 2.24) is 4.98 Å². The summed E-state index contributed by atoms with van der Waals surface area (Å²) in [5.74, 6) is 0.459.